The van der Waals surface area contributed by atoms with E-state index >= 15 is 0 Å². The van der Waals surface area contributed by atoms with Crippen molar-refractivity contribution in [3.8, 4) is 0 Å². The lowest BCUT2D eigenvalue weighted by Gasteiger charge is -2.31. The molecule has 0 radical (unpaired) electrons. The van der Waals surface area contributed by atoms with Crippen LogP contribution in [0.3, 0.4) is 0 Å². The Kier molecular flexibility index (Phi) is 5.05. The molecule has 0 unspecified atom stereocenters. The number of rotatable bonds is 4. The van der Waals surface area contributed by atoms with Gasteiger partial charge in [-0.1, -0.05) is 36.4 Å². The molecule has 1 N–H and O–H groups in total. The maximum absolute atomic E-state index is 12.7. The van der Waals surface area contributed by atoms with E-state index in [0.717, 1.165) is 12.8 Å². The van der Waals surface area contributed by atoms with Gasteiger partial charge < -0.3 is 10.2 Å². The lowest BCUT2D eigenvalue weighted by molar-refractivity contribution is 0.178. The quantitative estimate of drug-likeness (QED) is 0.880. The van der Waals surface area contributed by atoms with Gasteiger partial charge in [0, 0.05) is 17.8 Å². The van der Waals surface area contributed by atoms with E-state index < -0.39 is 9.84 Å². The molecule has 2 aromatic carbocycles. The van der Waals surface area contributed by atoms with Crippen molar-refractivity contribution in [2.24, 2.45) is 0 Å². The van der Waals surface area contributed by atoms with Gasteiger partial charge in [0.15, 0.2) is 9.84 Å². The molecule has 1 fully saturated rings. The van der Waals surface area contributed by atoms with Gasteiger partial charge in [-0.15, -0.1) is 0 Å². The molecule has 26 heavy (non-hydrogen) atoms. The SMILES string of the molecule is CC1(C)CCCN1C(=O)Nc1ccccc1CS(=O)(=O)c1ccccc1. The first-order valence-electron chi connectivity index (χ1n) is 8.74. The zero-order chi connectivity index (χ0) is 18.8. The van der Waals surface area contributed by atoms with Crippen molar-refractivity contribution in [3.63, 3.8) is 0 Å². The molecule has 2 amide bonds. The molecule has 3 rings (SSSR count). The van der Waals surface area contributed by atoms with E-state index in [1.807, 2.05) is 18.7 Å². The number of para-hydroxylation sites is 1. The fraction of sp³-hybridized carbons (Fsp3) is 0.350. The van der Waals surface area contributed by atoms with Crippen LogP contribution >= 0.6 is 0 Å². The van der Waals surface area contributed by atoms with E-state index in [2.05, 4.69) is 5.32 Å². The molecule has 1 saturated heterocycles. The van der Waals surface area contributed by atoms with Gasteiger partial charge in [0.25, 0.3) is 0 Å². The number of likely N-dealkylation sites (tertiary alicyclic amines) is 1. The van der Waals surface area contributed by atoms with Crippen LogP contribution in [0.2, 0.25) is 0 Å². The van der Waals surface area contributed by atoms with Crippen LogP contribution < -0.4 is 5.32 Å². The first-order valence-corrected chi connectivity index (χ1v) is 10.4. The van der Waals surface area contributed by atoms with Crippen LogP contribution in [-0.4, -0.2) is 31.4 Å². The van der Waals surface area contributed by atoms with Crippen LogP contribution in [-0.2, 0) is 15.6 Å². The maximum atomic E-state index is 12.7. The summed E-state index contributed by atoms with van der Waals surface area (Å²) in [4.78, 5) is 14.8. The third-order valence-corrected chi connectivity index (χ3v) is 6.53. The highest BCUT2D eigenvalue weighted by Gasteiger charge is 2.35. The van der Waals surface area contributed by atoms with Crippen molar-refractivity contribution < 1.29 is 13.2 Å². The molecule has 1 aliphatic rings. The summed E-state index contributed by atoms with van der Waals surface area (Å²) in [5.74, 6) is -0.156. The van der Waals surface area contributed by atoms with Crippen LogP contribution in [0.15, 0.2) is 59.5 Å². The molecule has 1 heterocycles. The Hall–Kier alpha value is -2.34. The van der Waals surface area contributed by atoms with Crippen molar-refractivity contribution >= 4 is 21.6 Å². The van der Waals surface area contributed by atoms with E-state index in [4.69, 9.17) is 0 Å². The summed E-state index contributed by atoms with van der Waals surface area (Å²) in [6.45, 7) is 4.81. The largest absolute Gasteiger partial charge is 0.322 e. The fourth-order valence-electron chi connectivity index (χ4n) is 3.35. The summed E-state index contributed by atoms with van der Waals surface area (Å²) in [7, 11) is -3.48. The summed E-state index contributed by atoms with van der Waals surface area (Å²) in [5.41, 5.74) is 0.941. The Balaban J connectivity index is 1.82. The number of nitrogens with zero attached hydrogens (tertiary/aromatic N) is 1. The van der Waals surface area contributed by atoms with Crippen LogP contribution in [0.5, 0.6) is 0 Å². The Morgan fingerprint density at radius 2 is 1.73 bits per heavy atom. The molecule has 0 spiro atoms. The minimum Gasteiger partial charge on any atom is -0.319 e. The molecule has 2 aromatic rings. The molecule has 138 valence electrons. The molecular formula is C20H24N2O3S. The van der Waals surface area contributed by atoms with Gasteiger partial charge in [0.1, 0.15) is 0 Å². The minimum atomic E-state index is -3.48. The van der Waals surface area contributed by atoms with Gasteiger partial charge in [0.05, 0.1) is 10.6 Å². The van der Waals surface area contributed by atoms with Crippen molar-refractivity contribution in [1.29, 1.82) is 0 Å². The van der Waals surface area contributed by atoms with Crippen LogP contribution in [0.25, 0.3) is 0 Å². The Morgan fingerprint density at radius 1 is 1.08 bits per heavy atom. The number of carbonyl (C=O) groups excluding carboxylic acids is 1. The highest BCUT2D eigenvalue weighted by Crippen LogP contribution is 2.29. The number of hydrogen-bond donors (Lipinski definition) is 1. The fourth-order valence-corrected chi connectivity index (χ4v) is 4.75. The summed E-state index contributed by atoms with van der Waals surface area (Å²) in [6, 6.07) is 15.2. The first-order chi connectivity index (χ1) is 12.3. The lowest BCUT2D eigenvalue weighted by atomic mass is 10.0. The number of urea groups is 1. The zero-order valence-corrected chi connectivity index (χ0v) is 15.9. The summed E-state index contributed by atoms with van der Waals surface area (Å²) < 4.78 is 25.4. The van der Waals surface area contributed by atoms with Crippen molar-refractivity contribution in [1.82, 2.24) is 4.90 Å². The topological polar surface area (TPSA) is 66.5 Å². The summed E-state index contributed by atoms with van der Waals surface area (Å²) in [6.07, 6.45) is 1.94. The average molecular weight is 372 g/mol. The van der Waals surface area contributed by atoms with E-state index in [9.17, 15) is 13.2 Å². The first kappa shape index (κ1) is 18.5. The molecular weight excluding hydrogens is 348 g/mol. The number of anilines is 1. The third-order valence-electron chi connectivity index (χ3n) is 4.85. The molecule has 0 aromatic heterocycles. The zero-order valence-electron chi connectivity index (χ0n) is 15.1. The number of hydrogen-bond acceptors (Lipinski definition) is 3. The van der Waals surface area contributed by atoms with Crippen LogP contribution in [0, 0.1) is 0 Å². The van der Waals surface area contributed by atoms with Gasteiger partial charge in [-0.05, 0) is 50.5 Å². The second kappa shape index (κ2) is 7.11. The van der Waals surface area contributed by atoms with E-state index in [1.165, 1.54) is 0 Å². The van der Waals surface area contributed by atoms with E-state index in [1.54, 1.807) is 54.6 Å². The minimum absolute atomic E-state index is 0.156. The second-order valence-corrected chi connectivity index (χ2v) is 9.22. The molecule has 6 heteroatoms. The summed E-state index contributed by atoms with van der Waals surface area (Å²) in [5, 5.41) is 2.90. The van der Waals surface area contributed by atoms with Crippen LogP contribution in [0.4, 0.5) is 10.5 Å². The molecule has 5 nitrogen and oxygen atoms in total. The lowest BCUT2D eigenvalue weighted by Crippen LogP contribution is -2.45. The van der Waals surface area contributed by atoms with Crippen molar-refractivity contribution in [3.05, 3.63) is 60.2 Å². The third kappa shape index (κ3) is 3.90. The number of sulfone groups is 1. The maximum Gasteiger partial charge on any atom is 0.322 e. The monoisotopic (exact) mass is 372 g/mol. The Labute approximate surface area is 154 Å². The van der Waals surface area contributed by atoms with Crippen LogP contribution in [0.1, 0.15) is 32.3 Å². The second-order valence-electron chi connectivity index (χ2n) is 7.23. The predicted molar refractivity (Wildman–Crippen MR) is 103 cm³/mol. The van der Waals surface area contributed by atoms with Gasteiger partial charge in [0.2, 0.25) is 0 Å². The molecule has 0 aliphatic carbocycles. The smallest absolute Gasteiger partial charge is 0.319 e. The summed E-state index contributed by atoms with van der Waals surface area (Å²) >= 11 is 0. The standard InChI is InChI=1S/C20H24N2O3S/c1-20(2)13-8-14-22(20)19(23)21-18-12-7-6-9-16(18)15-26(24,25)17-10-4-3-5-11-17/h3-7,9-12H,8,13-15H2,1-2H3,(H,21,23). The molecule has 0 bridgehead atoms. The number of carbonyl (C=O) groups is 1. The Morgan fingerprint density at radius 3 is 2.38 bits per heavy atom. The van der Waals surface area contributed by atoms with Gasteiger partial charge in [-0.2, -0.15) is 0 Å². The van der Waals surface area contributed by atoms with Crippen molar-refractivity contribution in [2.75, 3.05) is 11.9 Å². The highest BCUT2D eigenvalue weighted by atomic mass is 32.2. The highest BCUT2D eigenvalue weighted by molar-refractivity contribution is 7.90. The Bertz CT molecular complexity index is 892. The number of nitrogens with one attached hydrogen (secondary N) is 1. The number of benzene rings is 2. The normalized spacial score (nSPS) is 16.5. The predicted octanol–water partition coefficient (Wildman–Crippen LogP) is 4.07. The van der Waals surface area contributed by atoms with Gasteiger partial charge >= 0.3 is 6.03 Å². The van der Waals surface area contributed by atoms with E-state index in [0.29, 0.717) is 17.8 Å². The molecule has 1 aliphatic heterocycles. The van der Waals surface area contributed by atoms with Crippen molar-refractivity contribution in [2.45, 2.75) is 42.9 Å². The van der Waals surface area contributed by atoms with Gasteiger partial charge in [-0.3, -0.25) is 0 Å². The van der Waals surface area contributed by atoms with Gasteiger partial charge in [-0.25, -0.2) is 13.2 Å². The molecule has 0 atom stereocenters. The van der Waals surface area contributed by atoms with E-state index in [-0.39, 0.29) is 22.2 Å². The average Bonchev–Trinajstić information content (AvgIpc) is 2.96. The number of amides is 2. The molecule has 0 saturated carbocycles.